The Morgan fingerprint density at radius 1 is 0.864 bits per heavy atom. The van der Waals surface area contributed by atoms with Crippen molar-refractivity contribution in [3.05, 3.63) is 65.7 Å². The van der Waals surface area contributed by atoms with E-state index in [-0.39, 0.29) is 0 Å². The van der Waals surface area contributed by atoms with E-state index in [2.05, 4.69) is 53.8 Å². The fourth-order valence-corrected chi connectivity index (χ4v) is 4.32. The van der Waals surface area contributed by atoms with Crippen LogP contribution in [0.25, 0.3) is 31.3 Å². The van der Waals surface area contributed by atoms with Gasteiger partial charge in [0, 0.05) is 49.1 Å². The van der Waals surface area contributed by atoms with E-state index in [9.17, 15) is 0 Å². The minimum Gasteiger partial charge on any atom is -0.388 e. The molecule has 4 aromatic rings. The molecule has 0 atom stereocenters. The van der Waals surface area contributed by atoms with E-state index >= 15 is 0 Å². The van der Waals surface area contributed by atoms with Gasteiger partial charge in [0.15, 0.2) is 0 Å². The Morgan fingerprint density at radius 2 is 1.68 bits per heavy atom. The fourth-order valence-electron chi connectivity index (χ4n) is 2.92. The summed E-state index contributed by atoms with van der Waals surface area (Å²) in [5.74, 6) is 0. The molecule has 0 aliphatic heterocycles. The van der Waals surface area contributed by atoms with Crippen LogP contribution >= 0.6 is 22.9 Å². The fraction of sp³-hybridized carbons (Fsp3) is 0.0526. The van der Waals surface area contributed by atoms with E-state index in [4.69, 9.17) is 11.6 Å². The zero-order chi connectivity index (χ0) is 15.1. The molecule has 0 fully saturated rings. The zero-order valence-electron chi connectivity index (χ0n) is 12.1. The molecular formula is C19H14ClNS. The highest BCUT2D eigenvalue weighted by molar-refractivity contribution is 7.26. The van der Waals surface area contributed by atoms with Crippen LogP contribution in [0.5, 0.6) is 0 Å². The number of hydrogen-bond donors (Lipinski definition) is 1. The third-order valence-corrected chi connectivity index (χ3v) is 5.40. The Bertz CT molecular complexity index is 987. The van der Waals surface area contributed by atoms with Crippen LogP contribution in [0.3, 0.4) is 0 Å². The number of benzene rings is 3. The van der Waals surface area contributed by atoms with E-state index in [0.717, 1.165) is 10.7 Å². The van der Waals surface area contributed by atoms with Crippen molar-refractivity contribution in [2.45, 2.75) is 0 Å². The lowest BCUT2D eigenvalue weighted by atomic mass is 10.0. The molecule has 0 radical (unpaired) electrons. The van der Waals surface area contributed by atoms with E-state index in [1.807, 2.05) is 30.5 Å². The summed E-state index contributed by atoms with van der Waals surface area (Å²) < 4.78 is 2.65. The van der Waals surface area contributed by atoms with Gasteiger partial charge < -0.3 is 5.32 Å². The Balaban J connectivity index is 2.07. The van der Waals surface area contributed by atoms with E-state index in [0.29, 0.717) is 0 Å². The van der Waals surface area contributed by atoms with Crippen LogP contribution in [-0.2, 0) is 0 Å². The van der Waals surface area contributed by atoms with Crippen molar-refractivity contribution in [1.29, 1.82) is 0 Å². The van der Waals surface area contributed by atoms with Crippen molar-refractivity contribution in [1.82, 2.24) is 0 Å². The molecule has 0 saturated carbocycles. The molecule has 0 spiro atoms. The van der Waals surface area contributed by atoms with Gasteiger partial charge in [0.1, 0.15) is 0 Å². The Morgan fingerprint density at radius 3 is 2.55 bits per heavy atom. The van der Waals surface area contributed by atoms with Gasteiger partial charge in [-0.15, -0.1) is 11.3 Å². The number of fused-ring (bicyclic) bond motifs is 3. The highest BCUT2D eigenvalue weighted by Crippen LogP contribution is 2.42. The van der Waals surface area contributed by atoms with Crippen molar-refractivity contribution in [2.75, 3.05) is 12.4 Å². The molecule has 4 rings (SSSR count). The molecule has 1 aromatic heterocycles. The van der Waals surface area contributed by atoms with Crippen LogP contribution in [-0.4, -0.2) is 7.05 Å². The van der Waals surface area contributed by atoms with Crippen molar-refractivity contribution in [2.24, 2.45) is 0 Å². The van der Waals surface area contributed by atoms with Crippen molar-refractivity contribution in [3.63, 3.8) is 0 Å². The molecule has 0 saturated heterocycles. The number of anilines is 1. The average molecular weight is 324 g/mol. The normalized spacial score (nSPS) is 11.2. The molecule has 0 unspecified atom stereocenters. The standard InChI is InChI=1S/C19H14ClNS/c1-21-17-11-12(20)9-10-13(17)15-6-4-7-16-14-5-2-3-8-18(14)22-19(15)16/h2-11,21H,1H3. The first kappa shape index (κ1) is 13.6. The van der Waals surface area contributed by atoms with Crippen molar-refractivity contribution < 1.29 is 0 Å². The predicted octanol–water partition coefficient (Wildman–Crippen LogP) is 6.42. The second-order valence-electron chi connectivity index (χ2n) is 5.22. The van der Waals surface area contributed by atoms with Gasteiger partial charge in [0.25, 0.3) is 0 Å². The summed E-state index contributed by atoms with van der Waals surface area (Å²) in [7, 11) is 1.93. The van der Waals surface area contributed by atoms with Gasteiger partial charge in [-0.3, -0.25) is 0 Å². The summed E-state index contributed by atoms with van der Waals surface area (Å²) in [6, 6.07) is 21.1. The maximum atomic E-state index is 6.13. The van der Waals surface area contributed by atoms with Gasteiger partial charge in [-0.05, 0) is 18.2 Å². The third kappa shape index (κ3) is 2.07. The minimum atomic E-state index is 0.747. The van der Waals surface area contributed by atoms with E-state index in [1.54, 1.807) is 0 Å². The summed E-state index contributed by atoms with van der Waals surface area (Å²) in [6.07, 6.45) is 0. The van der Waals surface area contributed by atoms with E-state index < -0.39 is 0 Å². The summed E-state index contributed by atoms with van der Waals surface area (Å²) in [5, 5.41) is 6.64. The molecule has 0 aliphatic carbocycles. The first-order valence-electron chi connectivity index (χ1n) is 7.16. The number of halogens is 1. The molecule has 3 heteroatoms. The van der Waals surface area contributed by atoms with Crippen LogP contribution in [0, 0.1) is 0 Å². The number of hydrogen-bond acceptors (Lipinski definition) is 2. The van der Waals surface area contributed by atoms with Gasteiger partial charge >= 0.3 is 0 Å². The summed E-state index contributed by atoms with van der Waals surface area (Å²) in [6.45, 7) is 0. The van der Waals surface area contributed by atoms with Crippen LogP contribution in [0.1, 0.15) is 0 Å². The number of thiophene rings is 1. The highest BCUT2D eigenvalue weighted by atomic mass is 35.5. The molecule has 0 aliphatic rings. The molecule has 1 heterocycles. The molecule has 0 bridgehead atoms. The molecule has 108 valence electrons. The second kappa shape index (κ2) is 5.31. The topological polar surface area (TPSA) is 12.0 Å². The molecule has 1 N–H and O–H groups in total. The van der Waals surface area contributed by atoms with Crippen LogP contribution in [0.4, 0.5) is 5.69 Å². The number of rotatable bonds is 2. The average Bonchev–Trinajstić information content (AvgIpc) is 2.93. The number of nitrogens with one attached hydrogen (secondary N) is 1. The van der Waals surface area contributed by atoms with Gasteiger partial charge in [-0.1, -0.05) is 54.1 Å². The van der Waals surface area contributed by atoms with Gasteiger partial charge in [-0.25, -0.2) is 0 Å². The van der Waals surface area contributed by atoms with Gasteiger partial charge in [0.2, 0.25) is 0 Å². The highest BCUT2D eigenvalue weighted by Gasteiger charge is 2.12. The lowest BCUT2D eigenvalue weighted by Gasteiger charge is -2.10. The Hall–Kier alpha value is -2.03. The lowest BCUT2D eigenvalue weighted by molar-refractivity contribution is 1.51. The molecular weight excluding hydrogens is 310 g/mol. The second-order valence-corrected chi connectivity index (χ2v) is 6.71. The van der Waals surface area contributed by atoms with E-state index in [1.165, 1.54) is 31.3 Å². The third-order valence-electron chi connectivity index (χ3n) is 3.95. The van der Waals surface area contributed by atoms with Crippen LogP contribution in [0.2, 0.25) is 5.02 Å². The monoisotopic (exact) mass is 323 g/mol. The van der Waals surface area contributed by atoms with Crippen LogP contribution in [0.15, 0.2) is 60.7 Å². The first-order valence-corrected chi connectivity index (χ1v) is 8.35. The van der Waals surface area contributed by atoms with Crippen molar-refractivity contribution in [3.8, 4) is 11.1 Å². The smallest absolute Gasteiger partial charge is 0.0434 e. The zero-order valence-corrected chi connectivity index (χ0v) is 13.6. The Labute approximate surface area is 138 Å². The van der Waals surface area contributed by atoms with Crippen LogP contribution < -0.4 is 5.32 Å². The van der Waals surface area contributed by atoms with Gasteiger partial charge in [-0.2, -0.15) is 0 Å². The Kier molecular flexibility index (Phi) is 3.29. The summed E-state index contributed by atoms with van der Waals surface area (Å²) in [5.41, 5.74) is 3.49. The van der Waals surface area contributed by atoms with Gasteiger partial charge in [0.05, 0.1) is 0 Å². The molecule has 3 aromatic carbocycles. The first-order chi connectivity index (χ1) is 10.8. The maximum absolute atomic E-state index is 6.13. The summed E-state index contributed by atoms with van der Waals surface area (Å²) >= 11 is 7.97. The summed E-state index contributed by atoms with van der Waals surface area (Å²) in [4.78, 5) is 0. The predicted molar refractivity (Wildman–Crippen MR) is 99.3 cm³/mol. The maximum Gasteiger partial charge on any atom is 0.0434 e. The SMILES string of the molecule is CNc1cc(Cl)ccc1-c1cccc2c1sc1ccccc12. The molecule has 22 heavy (non-hydrogen) atoms. The quantitative estimate of drug-likeness (QED) is 0.449. The largest absolute Gasteiger partial charge is 0.388 e. The van der Waals surface area contributed by atoms with Crippen molar-refractivity contribution >= 4 is 48.8 Å². The lowest BCUT2D eigenvalue weighted by Crippen LogP contribution is -1.91. The molecule has 1 nitrogen and oxygen atoms in total. The molecule has 0 amide bonds. The minimum absolute atomic E-state index is 0.747.